The monoisotopic (exact) mass is 360 g/mol. The molecule has 26 heavy (non-hydrogen) atoms. The first-order valence-electron chi connectivity index (χ1n) is 9.34. The Morgan fingerprint density at radius 1 is 1.38 bits per heavy atom. The van der Waals surface area contributed by atoms with Crippen LogP contribution in [0.4, 0.5) is 0 Å². The van der Waals surface area contributed by atoms with Crippen LogP contribution in [-0.2, 0) is 24.8 Å². The van der Waals surface area contributed by atoms with E-state index in [0.29, 0.717) is 24.9 Å². The average Bonchev–Trinajstić information content (AvgIpc) is 3.12. The minimum atomic E-state index is 0.168. The van der Waals surface area contributed by atoms with Crippen LogP contribution in [0, 0.1) is 6.92 Å². The van der Waals surface area contributed by atoms with Gasteiger partial charge in [0.2, 0.25) is 11.8 Å². The third-order valence-corrected chi connectivity index (χ3v) is 4.99. The van der Waals surface area contributed by atoms with E-state index in [9.17, 15) is 4.79 Å². The number of likely N-dealkylation sites (tertiary alicyclic amines) is 1. The second-order valence-corrected chi connectivity index (χ2v) is 6.92. The highest BCUT2D eigenvalue weighted by Gasteiger charge is 2.25. The van der Waals surface area contributed by atoms with E-state index in [1.807, 2.05) is 31.1 Å². The zero-order valence-corrected chi connectivity index (χ0v) is 15.9. The first-order valence-corrected chi connectivity index (χ1v) is 9.34. The Morgan fingerprint density at radius 3 is 2.88 bits per heavy atom. The largest absolute Gasteiger partial charge is 0.342 e. The predicted octanol–water partition coefficient (Wildman–Crippen LogP) is 1.56. The first-order chi connectivity index (χ1) is 12.5. The molecule has 3 heterocycles. The number of rotatable bonds is 6. The quantitative estimate of drug-likeness (QED) is 0.778. The fourth-order valence-corrected chi connectivity index (χ4v) is 3.60. The lowest BCUT2D eigenvalue weighted by Gasteiger charge is -2.28. The Labute approximate surface area is 154 Å². The third-order valence-electron chi connectivity index (χ3n) is 4.99. The highest BCUT2D eigenvalue weighted by atomic mass is 16.5. The molecule has 1 aliphatic rings. The fourth-order valence-electron chi connectivity index (χ4n) is 3.60. The summed E-state index contributed by atoms with van der Waals surface area (Å²) in [6.07, 6.45) is 5.32. The molecule has 0 aliphatic carbocycles. The first kappa shape index (κ1) is 18.6. The van der Waals surface area contributed by atoms with Gasteiger partial charge in [0.05, 0.1) is 18.7 Å². The Bertz CT molecular complexity index is 725. The van der Waals surface area contributed by atoms with Crippen molar-refractivity contribution in [3.8, 4) is 0 Å². The summed E-state index contributed by atoms with van der Waals surface area (Å²) in [7, 11) is 1.87. The minimum Gasteiger partial charge on any atom is -0.342 e. The summed E-state index contributed by atoms with van der Waals surface area (Å²) >= 11 is 0. The smallest absolute Gasteiger partial charge is 0.228 e. The highest BCUT2D eigenvalue weighted by molar-refractivity contribution is 5.78. The molecule has 0 saturated carbocycles. The standard InChI is InChI=1S/C18H28N6O2/c1-4-23(13-17-19-14(2)26-21-17)16-6-5-9-24(11-8-16)18(25)12-15-7-10-22(3)20-15/h7,10,16H,4-6,8-9,11-13H2,1-3H3. The number of hydrogen-bond donors (Lipinski definition) is 0. The molecular formula is C18H28N6O2. The maximum atomic E-state index is 12.6. The van der Waals surface area contributed by atoms with E-state index >= 15 is 0 Å². The zero-order valence-electron chi connectivity index (χ0n) is 15.9. The van der Waals surface area contributed by atoms with Crippen molar-refractivity contribution in [1.29, 1.82) is 0 Å². The van der Waals surface area contributed by atoms with E-state index in [4.69, 9.17) is 4.52 Å². The number of hydrogen-bond acceptors (Lipinski definition) is 6. The molecule has 3 rings (SSSR count). The molecule has 1 fully saturated rings. The Hall–Kier alpha value is -2.22. The molecule has 0 aromatic carbocycles. The average molecular weight is 360 g/mol. The predicted molar refractivity (Wildman–Crippen MR) is 96.3 cm³/mol. The van der Waals surface area contributed by atoms with Gasteiger partial charge in [0.25, 0.3) is 0 Å². The lowest BCUT2D eigenvalue weighted by Crippen LogP contribution is -2.37. The molecular weight excluding hydrogens is 332 g/mol. The van der Waals surface area contributed by atoms with Crippen LogP contribution in [0.5, 0.6) is 0 Å². The van der Waals surface area contributed by atoms with Crippen LogP contribution >= 0.6 is 0 Å². The Kier molecular flexibility index (Phi) is 6.03. The van der Waals surface area contributed by atoms with E-state index < -0.39 is 0 Å². The van der Waals surface area contributed by atoms with E-state index in [1.54, 1.807) is 4.68 Å². The van der Waals surface area contributed by atoms with Gasteiger partial charge in [0, 0.05) is 39.3 Å². The zero-order chi connectivity index (χ0) is 18.5. The highest BCUT2D eigenvalue weighted by Crippen LogP contribution is 2.19. The Morgan fingerprint density at radius 2 is 2.23 bits per heavy atom. The fraction of sp³-hybridized carbons (Fsp3) is 0.667. The molecule has 1 unspecified atom stereocenters. The minimum absolute atomic E-state index is 0.168. The molecule has 142 valence electrons. The topological polar surface area (TPSA) is 80.3 Å². The molecule has 1 saturated heterocycles. The van der Waals surface area contributed by atoms with Crippen LogP contribution in [0.25, 0.3) is 0 Å². The van der Waals surface area contributed by atoms with Crippen LogP contribution in [0.1, 0.15) is 43.6 Å². The number of nitrogens with zero attached hydrogens (tertiary/aromatic N) is 6. The van der Waals surface area contributed by atoms with Crippen molar-refractivity contribution < 1.29 is 9.32 Å². The van der Waals surface area contributed by atoms with Crippen LogP contribution in [0.3, 0.4) is 0 Å². The summed E-state index contributed by atoms with van der Waals surface area (Å²) in [5, 5.41) is 8.32. The summed E-state index contributed by atoms with van der Waals surface area (Å²) in [5.74, 6) is 1.50. The number of amides is 1. The second-order valence-electron chi connectivity index (χ2n) is 6.92. The van der Waals surface area contributed by atoms with Gasteiger partial charge < -0.3 is 9.42 Å². The molecule has 1 atom stereocenters. The molecule has 8 heteroatoms. The normalized spacial score (nSPS) is 18.3. The van der Waals surface area contributed by atoms with Crippen molar-refractivity contribution in [2.75, 3.05) is 19.6 Å². The molecule has 2 aromatic rings. The number of carbonyl (C=O) groups is 1. The van der Waals surface area contributed by atoms with Gasteiger partial charge in [0.1, 0.15) is 0 Å². The Balaban J connectivity index is 1.55. The van der Waals surface area contributed by atoms with Crippen molar-refractivity contribution in [2.24, 2.45) is 7.05 Å². The summed E-state index contributed by atoms with van der Waals surface area (Å²) in [6, 6.07) is 2.34. The van der Waals surface area contributed by atoms with Gasteiger partial charge >= 0.3 is 0 Å². The van der Waals surface area contributed by atoms with Crippen LogP contribution < -0.4 is 0 Å². The number of aryl methyl sites for hydroxylation is 2. The lowest BCUT2D eigenvalue weighted by molar-refractivity contribution is -0.130. The molecule has 0 spiro atoms. The molecule has 1 amide bonds. The molecule has 0 N–H and O–H groups in total. The maximum Gasteiger partial charge on any atom is 0.228 e. The van der Waals surface area contributed by atoms with Gasteiger partial charge in [-0.25, -0.2) is 0 Å². The molecule has 8 nitrogen and oxygen atoms in total. The molecule has 1 aliphatic heterocycles. The van der Waals surface area contributed by atoms with Crippen molar-refractivity contribution in [3.63, 3.8) is 0 Å². The van der Waals surface area contributed by atoms with Crippen molar-refractivity contribution in [2.45, 2.75) is 52.1 Å². The maximum absolute atomic E-state index is 12.6. The van der Waals surface area contributed by atoms with Gasteiger partial charge in [0.15, 0.2) is 5.82 Å². The van der Waals surface area contributed by atoms with Gasteiger partial charge in [-0.05, 0) is 31.9 Å². The number of aromatic nitrogens is 4. The van der Waals surface area contributed by atoms with E-state index in [2.05, 4.69) is 27.1 Å². The van der Waals surface area contributed by atoms with Gasteiger partial charge in [-0.2, -0.15) is 10.1 Å². The van der Waals surface area contributed by atoms with Gasteiger partial charge in [-0.3, -0.25) is 14.4 Å². The van der Waals surface area contributed by atoms with Crippen molar-refractivity contribution in [1.82, 2.24) is 29.7 Å². The molecule has 0 bridgehead atoms. The summed E-state index contributed by atoms with van der Waals surface area (Å²) < 4.78 is 6.82. The van der Waals surface area contributed by atoms with E-state index in [0.717, 1.165) is 50.4 Å². The summed E-state index contributed by atoms with van der Waals surface area (Å²) in [4.78, 5) is 21.3. The van der Waals surface area contributed by atoms with Crippen molar-refractivity contribution in [3.05, 3.63) is 29.7 Å². The van der Waals surface area contributed by atoms with Gasteiger partial charge in [-0.15, -0.1) is 0 Å². The second kappa shape index (κ2) is 8.44. The number of carbonyl (C=O) groups excluding carboxylic acids is 1. The van der Waals surface area contributed by atoms with E-state index in [1.165, 1.54) is 0 Å². The van der Waals surface area contributed by atoms with Crippen LogP contribution in [0.2, 0.25) is 0 Å². The lowest BCUT2D eigenvalue weighted by atomic mass is 10.1. The summed E-state index contributed by atoms with van der Waals surface area (Å²) in [5.41, 5.74) is 0.834. The SMILES string of the molecule is CCN(Cc1noc(C)n1)C1CCCN(C(=O)Cc2ccn(C)n2)CC1. The molecule has 0 radical (unpaired) electrons. The van der Waals surface area contributed by atoms with Crippen LogP contribution in [0.15, 0.2) is 16.8 Å². The van der Waals surface area contributed by atoms with Crippen molar-refractivity contribution >= 4 is 5.91 Å². The van der Waals surface area contributed by atoms with Gasteiger partial charge in [-0.1, -0.05) is 12.1 Å². The third kappa shape index (κ3) is 4.69. The summed E-state index contributed by atoms with van der Waals surface area (Å²) in [6.45, 7) is 7.20. The van der Waals surface area contributed by atoms with Crippen LogP contribution in [-0.4, -0.2) is 61.3 Å². The molecule has 2 aromatic heterocycles. The van der Waals surface area contributed by atoms with E-state index in [-0.39, 0.29) is 5.91 Å².